The molecule has 0 amide bonds. The molecule has 1 unspecified atom stereocenters. The molecule has 24 heavy (non-hydrogen) atoms. The lowest BCUT2D eigenvalue weighted by molar-refractivity contribution is 0.374. The van der Waals surface area contributed by atoms with E-state index in [1.807, 2.05) is 36.4 Å². The predicted molar refractivity (Wildman–Crippen MR) is 95.8 cm³/mol. The summed E-state index contributed by atoms with van der Waals surface area (Å²) in [7, 11) is 6.75. The Balaban J connectivity index is 2.25. The number of benzene rings is 2. The monoisotopic (exact) mass is 330 g/mol. The smallest absolute Gasteiger partial charge is 0.126 e. The van der Waals surface area contributed by atoms with Crippen LogP contribution >= 0.6 is 0 Å². The van der Waals surface area contributed by atoms with Crippen molar-refractivity contribution in [3.63, 3.8) is 0 Å². The zero-order chi connectivity index (χ0) is 17.5. The number of rotatable bonds is 8. The zero-order valence-electron chi connectivity index (χ0n) is 15.1. The van der Waals surface area contributed by atoms with E-state index in [1.165, 1.54) is 0 Å². The van der Waals surface area contributed by atoms with Crippen LogP contribution in [0.25, 0.3) is 0 Å². The molecule has 0 saturated carbocycles. The van der Waals surface area contributed by atoms with E-state index in [9.17, 15) is 0 Å². The van der Waals surface area contributed by atoms with E-state index < -0.39 is 0 Å². The average Bonchev–Trinajstić information content (AvgIpc) is 2.64. The quantitative estimate of drug-likeness (QED) is 0.716. The first-order valence-electron chi connectivity index (χ1n) is 8.07. The number of methoxy groups -OCH3 is 4. The highest BCUT2D eigenvalue weighted by molar-refractivity contribution is 5.48. The van der Waals surface area contributed by atoms with Gasteiger partial charge in [-0.15, -0.1) is 0 Å². The van der Waals surface area contributed by atoms with Gasteiger partial charge >= 0.3 is 0 Å². The second kappa shape index (κ2) is 8.48. The molecular formula is C20H26O4. The van der Waals surface area contributed by atoms with E-state index in [4.69, 9.17) is 18.9 Å². The summed E-state index contributed by atoms with van der Waals surface area (Å²) in [5.41, 5.74) is 2.18. The van der Waals surface area contributed by atoms with Crippen LogP contribution in [0.3, 0.4) is 0 Å². The van der Waals surface area contributed by atoms with Crippen LogP contribution in [-0.4, -0.2) is 28.4 Å². The molecular weight excluding hydrogens is 304 g/mol. The molecule has 4 nitrogen and oxygen atoms in total. The van der Waals surface area contributed by atoms with Crippen molar-refractivity contribution in [3.05, 3.63) is 47.5 Å². The predicted octanol–water partition coefficient (Wildman–Crippen LogP) is 4.46. The molecule has 130 valence electrons. The van der Waals surface area contributed by atoms with E-state index >= 15 is 0 Å². The summed E-state index contributed by atoms with van der Waals surface area (Å²) in [4.78, 5) is 0. The molecule has 2 aromatic rings. The van der Waals surface area contributed by atoms with Crippen LogP contribution in [0.15, 0.2) is 36.4 Å². The topological polar surface area (TPSA) is 36.9 Å². The van der Waals surface area contributed by atoms with E-state index in [0.717, 1.165) is 47.0 Å². The molecule has 0 aliphatic carbocycles. The van der Waals surface area contributed by atoms with Crippen molar-refractivity contribution in [3.8, 4) is 23.0 Å². The molecule has 4 heteroatoms. The van der Waals surface area contributed by atoms with Gasteiger partial charge in [0, 0.05) is 11.1 Å². The van der Waals surface area contributed by atoms with E-state index in [-0.39, 0.29) is 5.92 Å². The Kier molecular flexibility index (Phi) is 6.36. The van der Waals surface area contributed by atoms with Crippen LogP contribution in [0.4, 0.5) is 0 Å². The molecule has 0 N–H and O–H groups in total. The summed E-state index contributed by atoms with van der Waals surface area (Å²) in [6.45, 7) is 2.18. The van der Waals surface area contributed by atoms with Crippen molar-refractivity contribution < 1.29 is 18.9 Å². The fourth-order valence-electron chi connectivity index (χ4n) is 3.05. The highest BCUT2D eigenvalue weighted by atomic mass is 16.5. The Labute approximate surface area is 144 Å². The van der Waals surface area contributed by atoms with Gasteiger partial charge in [0.1, 0.15) is 23.0 Å². The van der Waals surface area contributed by atoms with Gasteiger partial charge in [0.15, 0.2) is 0 Å². The second-order valence-electron chi connectivity index (χ2n) is 5.66. The third kappa shape index (κ3) is 3.75. The Bertz CT molecular complexity index is 622. The van der Waals surface area contributed by atoms with E-state index in [1.54, 1.807) is 28.4 Å². The molecule has 0 saturated heterocycles. The molecule has 0 fully saturated rings. The lowest BCUT2D eigenvalue weighted by Gasteiger charge is -2.20. The minimum atomic E-state index is 0.269. The van der Waals surface area contributed by atoms with Gasteiger partial charge in [-0.25, -0.2) is 0 Å². The first-order chi connectivity index (χ1) is 11.7. The van der Waals surface area contributed by atoms with E-state index in [2.05, 4.69) is 6.92 Å². The van der Waals surface area contributed by atoms with Crippen LogP contribution in [0.5, 0.6) is 23.0 Å². The van der Waals surface area contributed by atoms with Crippen molar-refractivity contribution in [1.29, 1.82) is 0 Å². The van der Waals surface area contributed by atoms with E-state index in [0.29, 0.717) is 0 Å². The molecule has 0 radical (unpaired) electrons. The molecule has 0 bridgehead atoms. The first kappa shape index (κ1) is 18.0. The summed E-state index contributed by atoms with van der Waals surface area (Å²) in [5, 5.41) is 0. The third-order valence-electron chi connectivity index (χ3n) is 4.32. The van der Waals surface area contributed by atoms with Crippen molar-refractivity contribution in [2.24, 2.45) is 0 Å². The maximum atomic E-state index is 5.52. The van der Waals surface area contributed by atoms with Crippen molar-refractivity contribution in [2.45, 2.75) is 25.7 Å². The van der Waals surface area contributed by atoms with Gasteiger partial charge in [-0.05, 0) is 43.0 Å². The van der Waals surface area contributed by atoms with Crippen molar-refractivity contribution in [1.82, 2.24) is 0 Å². The van der Waals surface area contributed by atoms with Gasteiger partial charge in [0.25, 0.3) is 0 Å². The lowest BCUT2D eigenvalue weighted by atomic mass is 9.92. The normalized spacial score (nSPS) is 11.7. The van der Waals surface area contributed by atoms with Gasteiger partial charge < -0.3 is 18.9 Å². The van der Waals surface area contributed by atoms with Gasteiger partial charge in [0.2, 0.25) is 0 Å². The van der Waals surface area contributed by atoms with Gasteiger partial charge in [-0.3, -0.25) is 0 Å². The van der Waals surface area contributed by atoms with Crippen molar-refractivity contribution >= 4 is 0 Å². The Hall–Kier alpha value is -2.36. The minimum Gasteiger partial charge on any atom is -0.496 e. The highest BCUT2D eigenvalue weighted by Crippen LogP contribution is 2.38. The zero-order valence-corrected chi connectivity index (χ0v) is 15.1. The minimum absolute atomic E-state index is 0.269. The molecule has 0 aromatic heterocycles. The molecule has 2 rings (SSSR count). The standard InChI is InChI=1S/C20H26O4/c1-14(20-18(23-4)10-7-11-19(20)24-5)12-13-15-16(21-2)8-6-9-17(15)22-3/h6-11,14H,12-13H2,1-5H3. The summed E-state index contributed by atoms with van der Waals surface area (Å²) in [6.07, 6.45) is 1.77. The maximum Gasteiger partial charge on any atom is 0.126 e. The number of ether oxygens (including phenoxy) is 4. The van der Waals surface area contributed by atoms with Gasteiger partial charge in [0.05, 0.1) is 28.4 Å². The molecule has 0 heterocycles. The molecule has 0 spiro atoms. The molecule has 2 aromatic carbocycles. The van der Waals surface area contributed by atoms with Crippen molar-refractivity contribution in [2.75, 3.05) is 28.4 Å². The summed E-state index contributed by atoms with van der Waals surface area (Å²) in [6, 6.07) is 11.7. The summed E-state index contributed by atoms with van der Waals surface area (Å²) < 4.78 is 22.0. The molecule has 0 aliphatic rings. The van der Waals surface area contributed by atoms with Gasteiger partial charge in [-0.2, -0.15) is 0 Å². The lowest BCUT2D eigenvalue weighted by Crippen LogP contribution is -2.04. The van der Waals surface area contributed by atoms with Gasteiger partial charge in [-0.1, -0.05) is 19.1 Å². The maximum absolute atomic E-state index is 5.52. The average molecular weight is 330 g/mol. The highest BCUT2D eigenvalue weighted by Gasteiger charge is 2.19. The van der Waals surface area contributed by atoms with Crippen LogP contribution in [-0.2, 0) is 6.42 Å². The van der Waals surface area contributed by atoms with Crippen LogP contribution < -0.4 is 18.9 Å². The summed E-state index contributed by atoms with van der Waals surface area (Å²) >= 11 is 0. The summed E-state index contributed by atoms with van der Waals surface area (Å²) in [5.74, 6) is 3.69. The fraction of sp³-hybridized carbons (Fsp3) is 0.400. The Morgan fingerprint density at radius 3 is 1.54 bits per heavy atom. The largest absolute Gasteiger partial charge is 0.496 e. The molecule has 1 atom stereocenters. The van der Waals surface area contributed by atoms with Crippen LogP contribution in [0, 0.1) is 0 Å². The SMILES string of the molecule is COc1cccc(OC)c1CCC(C)c1c(OC)cccc1OC. The molecule has 0 aliphatic heterocycles. The Morgan fingerprint density at radius 2 is 1.12 bits per heavy atom. The Morgan fingerprint density at radius 1 is 0.708 bits per heavy atom. The second-order valence-corrected chi connectivity index (χ2v) is 5.66. The van der Waals surface area contributed by atoms with Crippen LogP contribution in [0.2, 0.25) is 0 Å². The van der Waals surface area contributed by atoms with Crippen LogP contribution in [0.1, 0.15) is 30.4 Å². The third-order valence-corrected chi connectivity index (χ3v) is 4.32. The number of hydrogen-bond donors (Lipinski definition) is 0. The number of hydrogen-bond acceptors (Lipinski definition) is 4. The fourth-order valence-corrected chi connectivity index (χ4v) is 3.05. The first-order valence-corrected chi connectivity index (χ1v) is 8.07.